The molecular weight excluding hydrogens is 347 g/mol. The van der Waals surface area contributed by atoms with E-state index in [0.29, 0.717) is 22.6 Å². The molecule has 7 heteroatoms. The van der Waals surface area contributed by atoms with Crippen LogP contribution in [0.4, 0.5) is 18.9 Å². The fourth-order valence-electron chi connectivity index (χ4n) is 3.14. The average molecular weight is 361 g/mol. The molecule has 0 aliphatic carbocycles. The number of anilines is 1. The van der Waals surface area contributed by atoms with Crippen molar-refractivity contribution in [2.45, 2.75) is 19.6 Å². The Morgan fingerprint density at radius 1 is 1.12 bits per heavy atom. The molecule has 134 valence electrons. The molecule has 4 rings (SSSR count). The normalized spacial score (nSPS) is 14.2. The van der Waals surface area contributed by atoms with Crippen LogP contribution in [0.3, 0.4) is 0 Å². The van der Waals surface area contributed by atoms with E-state index in [1.54, 1.807) is 24.0 Å². The molecule has 0 atom stereocenters. The van der Waals surface area contributed by atoms with Gasteiger partial charge in [-0.1, -0.05) is 6.07 Å². The third-order valence-corrected chi connectivity index (χ3v) is 4.44. The number of aryl methyl sites for hydroxylation is 1. The Hall–Kier alpha value is -2.96. The lowest BCUT2D eigenvalue weighted by molar-refractivity contribution is -0.137. The molecule has 4 nitrogen and oxygen atoms in total. The van der Waals surface area contributed by atoms with Crippen molar-refractivity contribution in [3.05, 3.63) is 69.6 Å². The van der Waals surface area contributed by atoms with Crippen LogP contribution in [0.15, 0.2) is 51.7 Å². The fraction of sp³-hybridized carbons (Fsp3) is 0.211. The minimum absolute atomic E-state index is 0.107. The van der Waals surface area contributed by atoms with Crippen molar-refractivity contribution in [1.29, 1.82) is 0 Å². The van der Waals surface area contributed by atoms with Gasteiger partial charge in [-0.3, -0.25) is 0 Å². The highest BCUT2D eigenvalue weighted by Gasteiger charge is 2.31. The van der Waals surface area contributed by atoms with Gasteiger partial charge in [0.2, 0.25) is 0 Å². The maximum absolute atomic E-state index is 13.0. The summed E-state index contributed by atoms with van der Waals surface area (Å²) < 4.78 is 50.0. The van der Waals surface area contributed by atoms with Crippen LogP contribution >= 0.6 is 0 Å². The smallest absolute Gasteiger partial charge is 0.416 e. The number of fused-ring (bicyclic) bond motifs is 3. The summed E-state index contributed by atoms with van der Waals surface area (Å²) in [5.74, 6) is 0.564. The maximum atomic E-state index is 13.0. The third kappa shape index (κ3) is 2.79. The monoisotopic (exact) mass is 361 g/mol. The van der Waals surface area contributed by atoms with Crippen LogP contribution in [0.1, 0.15) is 16.7 Å². The summed E-state index contributed by atoms with van der Waals surface area (Å²) in [6, 6.07) is 10.1. The van der Waals surface area contributed by atoms with Gasteiger partial charge < -0.3 is 14.1 Å². The molecule has 0 N–H and O–H groups in total. The lowest BCUT2D eigenvalue weighted by Crippen LogP contribution is -2.32. The van der Waals surface area contributed by atoms with Crippen LogP contribution in [-0.4, -0.2) is 6.73 Å². The van der Waals surface area contributed by atoms with Gasteiger partial charge in [0, 0.05) is 17.1 Å². The van der Waals surface area contributed by atoms with E-state index >= 15 is 0 Å². The number of ether oxygens (including phenoxy) is 1. The summed E-state index contributed by atoms with van der Waals surface area (Å²) >= 11 is 0. The molecule has 1 aliphatic heterocycles. The quantitative estimate of drug-likeness (QED) is 0.600. The Morgan fingerprint density at radius 3 is 2.69 bits per heavy atom. The Balaban J connectivity index is 1.78. The molecule has 1 aromatic heterocycles. The first kappa shape index (κ1) is 16.5. The van der Waals surface area contributed by atoms with Gasteiger partial charge in [0.05, 0.1) is 17.7 Å². The van der Waals surface area contributed by atoms with E-state index in [2.05, 4.69) is 0 Å². The molecule has 0 amide bonds. The number of benzene rings is 2. The summed E-state index contributed by atoms with van der Waals surface area (Å²) in [5, 5.41) is 0.776. The topological polar surface area (TPSA) is 42.7 Å². The zero-order chi connectivity index (χ0) is 18.5. The molecule has 2 heterocycles. The van der Waals surface area contributed by atoms with Crippen molar-refractivity contribution >= 4 is 16.7 Å². The van der Waals surface area contributed by atoms with Crippen LogP contribution in [-0.2, 0) is 12.7 Å². The van der Waals surface area contributed by atoms with Gasteiger partial charge in [-0.25, -0.2) is 4.79 Å². The molecule has 0 spiro atoms. The second kappa shape index (κ2) is 5.79. The van der Waals surface area contributed by atoms with Gasteiger partial charge >= 0.3 is 11.8 Å². The lowest BCUT2D eigenvalue weighted by atomic mass is 10.0. The van der Waals surface area contributed by atoms with Crippen molar-refractivity contribution in [1.82, 2.24) is 0 Å². The second-order valence-corrected chi connectivity index (χ2v) is 6.19. The van der Waals surface area contributed by atoms with Crippen molar-refractivity contribution in [2.75, 3.05) is 11.6 Å². The van der Waals surface area contributed by atoms with Gasteiger partial charge in [0.25, 0.3) is 0 Å². The molecular formula is C19H14F3NO3. The molecule has 3 aromatic rings. The number of hydrogen-bond donors (Lipinski definition) is 0. The van der Waals surface area contributed by atoms with Gasteiger partial charge in [-0.15, -0.1) is 0 Å². The predicted octanol–water partition coefficient (Wildman–Crippen LogP) is 4.48. The van der Waals surface area contributed by atoms with Gasteiger partial charge in [-0.2, -0.15) is 13.2 Å². The fourth-order valence-corrected chi connectivity index (χ4v) is 3.14. The van der Waals surface area contributed by atoms with Gasteiger partial charge in [0.15, 0.2) is 6.73 Å². The zero-order valence-electron chi connectivity index (χ0n) is 13.8. The minimum Gasteiger partial charge on any atom is -0.473 e. The van der Waals surface area contributed by atoms with E-state index in [4.69, 9.17) is 9.15 Å². The van der Waals surface area contributed by atoms with Crippen LogP contribution in [0.2, 0.25) is 0 Å². The molecule has 0 fully saturated rings. The summed E-state index contributed by atoms with van der Waals surface area (Å²) in [6.07, 6.45) is -4.42. The van der Waals surface area contributed by atoms with Crippen molar-refractivity contribution in [3.8, 4) is 5.75 Å². The Kier molecular flexibility index (Phi) is 3.68. The molecule has 0 bridgehead atoms. The summed E-state index contributed by atoms with van der Waals surface area (Å²) in [5.41, 5.74) is 1.02. The molecule has 1 aliphatic rings. The van der Waals surface area contributed by atoms with Crippen molar-refractivity contribution < 1.29 is 22.3 Å². The molecule has 0 saturated carbocycles. The Labute approximate surface area is 146 Å². The number of halogens is 3. The van der Waals surface area contributed by atoms with E-state index in [0.717, 1.165) is 23.1 Å². The molecule has 0 unspecified atom stereocenters. The van der Waals surface area contributed by atoms with Gasteiger partial charge in [-0.05, 0) is 42.8 Å². The predicted molar refractivity (Wildman–Crippen MR) is 90.3 cm³/mol. The maximum Gasteiger partial charge on any atom is 0.416 e. The summed E-state index contributed by atoms with van der Waals surface area (Å²) in [6.45, 7) is 2.19. The van der Waals surface area contributed by atoms with E-state index in [1.807, 2.05) is 6.07 Å². The zero-order valence-corrected chi connectivity index (χ0v) is 13.8. The standard InChI is InChI=1S/C19H14F3NO3/c1-11-7-17(24)26-18-14(11)5-6-16-15(18)9-23(10-25-16)13-4-2-3-12(8-13)19(20,21)22/h2-8H,9-10H2,1H3. The lowest BCUT2D eigenvalue weighted by Gasteiger charge is -2.31. The second-order valence-electron chi connectivity index (χ2n) is 6.19. The Bertz CT molecular complexity index is 1060. The summed E-state index contributed by atoms with van der Waals surface area (Å²) in [7, 11) is 0. The van der Waals surface area contributed by atoms with Crippen LogP contribution in [0.25, 0.3) is 11.0 Å². The van der Waals surface area contributed by atoms with Crippen LogP contribution < -0.4 is 15.3 Å². The van der Waals surface area contributed by atoms with E-state index in [1.165, 1.54) is 12.1 Å². The van der Waals surface area contributed by atoms with Crippen LogP contribution in [0.5, 0.6) is 5.75 Å². The summed E-state index contributed by atoms with van der Waals surface area (Å²) in [4.78, 5) is 13.4. The first-order valence-corrected chi connectivity index (χ1v) is 7.94. The number of rotatable bonds is 1. The molecule has 0 saturated heterocycles. The van der Waals surface area contributed by atoms with Crippen molar-refractivity contribution in [2.24, 2.45) is 0 Å². The van der Waals surface area contributed by atoms with Gasteiger partial charge in [0.1, 0.15) is 11.3 Å². The highest BCUT2D eigenvalue weighted by atomic mass is 19.4. The number of nitrogens with zero attached hydrogens (tertiary/aromatic N) is 1. The third-order valence-electron chi connectivity index (χ3n) is 4.44. The van der Waals surface area contributed by atoms with Crippen LogP contribution in [0, 0.1) is 6.92 Å². The number of hydrogen-bond acceptors (Lipinski definition) is 4. The molecule has 26 heavy (non-hydrogen) atoms. The van der Waals surface area contributed by atoms with E-state index < -0.39 is 17.4 Å². The Morgan fingerprint density at radius 2 is 1.92 bits per heavy atom. The molecule has 2 aromatic carbocycles. The van der Waals surface area contributed by atoms with E-state index in [-0.39, 0.29) is 13.3 Å². The largest absolute Gasteiger partial charge is 0.473 e. The highest BCUT2D eigenvalue weighted by molar-refractivity contribution is 5.85. The van der Waals surface area contributed by atoms with Crippen molar-refractivity contribution in [3.63, 3.8) is 0 Å². The van der Waals surface area contributed by atoms with E-state index in [9.17, 15) is 18.0 Å². The average Bonchev–Trinajstić information content (AvgIpc) is 2.60. The first-order valence-electron chi connectivity index (χ1n) is 7.94. The highest BCUT2D eigenvalue weighted by Crippen LogP contribution is 2.36. The first-order chi connectivity index (χ1) is 12.3. The minimum atomic E-state index is -4.42. The molecule has 0 radical (unpaired) electrons. The number of alkyl halides is 3. The SMILES string of the molecule is Cc1cc(=O)oc2c3c(ccc12)OCN(c1cccc(C(F)(F)F)c1)C3.